The number of aliphatic hydroxyl groups is 1. The van der Waals surface area contributed by atoms with E-state index in [0.29, 0.717) is 19.6 Å². The van der Waals surface area contributed by atoms with Gasteiger partial charge in [0.05, 0.1) is 5.60 Å². The van der Waals surface area contributed by atoms with Gasteiger partial charge in [-0.05, 0) is 34.6 Å². The van der Waals surface area contributed by atoms with Gasteiger partial charge in [0, 0.05) is 25.7 Å². The van der Waals surface area contributed by atoms with E-state index in [0.717, 1.165) is 0 Å². The Morgan fingerprint density at radius 1 is 1.35 bits per heavy atom. The average Bonchev–Trinajstić information content (AvgIpc) is 1.94. The van der Waals surface area contributed by atoms with Crippen molar-refractivity contribution >= 4 is 6.09 Å². The maximum atomic E-state index is 11.6. The first-order valence-electron chi connectivity index (χ1n) is 6.00. The van der Waals surface area contributed by atoms with Crippen molar-refractivity contribution in [2.24, 2.45) is 0 Å². The number of hydrogen-bond donors (Lipinski definition) is 2. The number of ether oxygens (including phenoxy) is 1. The van der Waals surface area contributed by atoms with Gasteiger partial charge in [0.15, 0.2) is 0 Å². The van der Waals surface area contributed by atoms with E-state index in [1.54, 1.807) is 18.7 Å². The molecule has 0 aromatic heterocycles. The van der Waals surface area contributed by atoms with E-state index in [9.17, 15) is 9.90 Å². The second-order valence-electron chi connectivity index (χ2n) is 6.28. The summed E-state index contributed by atoms with van der Waals surface area (Å²) in [6.45, 7) is 10.9. The highest BCUT2D eigenvalue weighted by molar-refractivity contribution is 5.69. The van der Waals surface area contributed by atoms with Crippen LogP contribution in [0.5, 0.6) is 0 Å². The highest BCUT2D eigenvalue weighted by atomic mass is 16.6. The molecule has 0 saturated carbocycles. The monoisotopic (exact) mass is 244 g/mol. The lowest BCUT2D eigenvalue weighted by atomic mass is 10.1. The molecule has 2 N–H and O–H groups in total. The predicted molar refractivity (Wildman–Crippen MR) is 65.9 cm³/mol. The molecule has 1 aliphatic heterocycles. The van der Waals surface area contributed by atoms with Crippen LogP contribution in [0.3, 0.4) is 0 Å². The van der Waals surface area contributed by atoms with Gasteiger partial charge in [0.2, 0.25) is 0 Å². The maximum absolute atomic E-state index is 11.6. The second-order valence-corrected chi connectivity index (χ2v) is 6.28. The first-order valence-corrected chi connectivity index (χ1v) is 6.00. The number of carbonyl (C=O) groups is 1. The Bertz CT molecular complexity index is 272. The number of nitrogens with one attached hydrogen (secondary N) is 1. The van der Waals surface area contributed by atoms with Gasteiger partial charge in [-0.1, -0.05) is 0 Å². The van der Waals surface area contributed by atoms with Gasteiger partial charge in [-0.2, -0.15) is 0 Å². The number of carbonyl (C=O) groups excluding carboxylic acids is 1. The molecule has 1 rings (SSSR count). The maximum Gasteiger partial charge on any atom is 0.410 e. The van der Waals surface area contributed by atoms with Crippen LogP contribution in [0.4, 0.5) is 4.79 Å². The minimum absolute atomic E-state index is 0.258. The number of amides is 1. The fraction of sp³-hybridized carbons (Fsp3) is 0.917. The molecule has 1 saturated heterocycles. The zero-order valence-electron chi connectivity index (χ0n) is 11.4. The van der Waals surface area contributed by atoms with Crippen molar-refractivity contribution in [1.82, 2.24) is 10.2 Å². The first-order chi connectivity index (χ1) is 7.57. The van der Waals surface area contributed by atoms with E-state index in [-0.39, 0.29) is 12.1 Å². The Kier molecular flexibility index (Phi) is 4.04. The molecule has 0 atom stereocenters. The van der Waals surface area contributed by atoms with Crippen LogP contribution in [0.1, 0.15) is 34.6 Å². The molecule has 0 radical (unpaired) electrons. The summed E-state index contributed by atoms with van der Waals surface area (Å²) >= 11 is 0. The summed E-state index contributed by atoms with van der Waals surface area (Å²) in [5.74, 6) is 0. The molecule has 1 heterocycles. The fourth-order valence-electron chi connectivity index (χ4n) is 1.48. The van der Waals surface area contributed by atoms with Gasteiger partial charge >= 0.3 is 6.09 Å². The van der Waals surface area contributed by atoms with Crippen molar-refractivity contribution in [3.63, 3.8) is 0 Å². The SMILES string of the molecule is CC(C)(O)CNC1CN(C(=O)OC(C)(C)C)C1. The lowest BCUT2D eigenvalue weighted by molar-refractivity contribution is 0.00189. The van der Waals surface area contributed by atoms with Gasteiger partial charge in [-0.25, -0.2) is 4.79 Å². The number of likely N-dealkylation sites (tertiary alicyclic amines) is 1. The molecule has 0 unspecified atom stereocenters. The van der Waals surface area contributed by atoms with Crippen LogP contribution in [0.2, 0.25) is 0 Å². The zero-order valence-corrected chi connectivity index (χ0v) is 11.4. The largest absolute Gasteiger partial charge is 0.444 e. The van der Waals surface area contributed by atoms with E-state index in [1.165, 1.54) is 0 Å². The third kappa shape index (κ3) is 5.37. The molecule has 5 nitrogen and oxygen atoms in total. The number of rotatable bonds is 3. The van der Waals surface area contributed by atoms with Gasteiger partial charge < -0.3 is 20.1 Å². The van der Waals surface area contributed by atoms with E-state index in [2.05, 4.69) is 5.32 Å². The second kappa shape index (κ2) is 4.82. The number of hydrogen-bond acceptors (Lipinski definition) is 4. The zero-order chi connectivity index (χ0) is 13.3. The Labute approximate surface area is 103 Å². The summed E-state index contributed by atoms with van der Waals surface area (Å²) < 4.78 is 5.25. The standard InChI is InChI=1S/C12H24N2O3/c1-11(2,3)17-10(15)14-6-9(7-14)13-8-12(4,5)16/h9,13,16H,6-8H2,1-5H3. The lowest BCUT2D eigenvalue weighted by Crippen LogP contribution is -2.62. The summed E-state index contributed by atoms with van der Waals surface area (Å²) in [6.07, 6.45) is -0.265. The highest BCUT2D eigenvalue weighted by Gasteiger charge is 2.33. The smallest absolute Gasteiger partial charge is 0.410 e. The molecule has 17 heavy (non-hydrogen) atoms. The Morgan fingerprint density at radius 3 is 2.29 bits per heavy atom. The van der Waals surface area contributed by atoms with Crippen LogP contribution in [-0.4, -0.2) is 53.0 Å². The van der Waals surface area contributed by atoms with Crippen molar-refractivity contribution in [2.45, 2.75) is 51.9 Å². The quantitative estimate of drug-likeness (QED) is 0.776. The Morgan fingerprint density at radius 2 is 1.88 bits per heavy atom. The van der Waals surface area contributed by atoms with E-state index in [4.69, 9.17) is 4.74 Å². The van der Waals surface area contributed by atoms with Crippen LogP contribution in [0, 0.1) is 0 Å². The van der Waals surface area contributed by atoms with Crippen LogP contribution >= 0.6 is 0 Å². The Balaban J connectivity index is 2.21. The van der Waals surface area contributed by atoms with Crippen LogP contribution in [0.15, 0.2) is 0 Å². The average molecular weight is 244 g/mol. The van der Waals surface area contributed by atoms with Crippen molar-refractivity contribution < 1.29 is 14.6 Å². The molecular formula is C12H24N2O3. The molecule has 0 bridgehead atoms. The first kappa shape index (κ1) is 14.3. The van der Waals surface area contributed by atoms with E-state index < -0.39 is 11.2 Å². The molecule has 1 aliphatic rings. The van der Waals surface area contributed by atoms with Crippen LogP contribution in [0.25, 0.3) is 0 Å². The van der Waals surface area contributed by atoms with Crippen molar-refractivity contribution in [3.8, 4) is 0 Å². The molecule has 0 aromatic rings. The summed E-state index contributed by atoms with van der Waals surface area (Å²) in [4.78, 5) is 13.3. The van der Waals surface area contributed by atoms with Gasteiger partial charge in [0.25, 0.3) is 0 Å². The Hall–Kier alpha value is -0.810. The van der Waals surface area contributed by atoms with Gasteiger partial charge in [-0.15, -0.1) is 0 Å². The van der Waals surface area contributed by atoms with Crippen molar-refractivity contribution in [2.75, 3.05) is 19.6 Å². The molecule has 100 valence electrons. The summed E-state index contributed by atoms with van der Waals surface area (Å²) in [6, 6.07) is 0.258. The molecule has 1 fully saturated rings. The van der Waals surface area contributed by atoms with E-state index >= 15 is 0 Å². The summed E-state index contributed by atoms with van der Waals surface area (Å²) in [5, 5.41) is 12.8. The molecule has 0 aromatic carbocycles. The van der Waals surface area contributed by atoms with Crippen molar-refractivity contribution in [3.05, 3.63) is 0 Å². The third-order valence-corrected chi connectivity index (χ3v) is 2.36. The van der Waals surface area contributed by atoms with Crippen LogP contribution < -0.4 is 5.32 Å². The highest BCUT2D eigenvalue weighted by Crippen LogP contribution is 2.15. The van der Waals surface area contributed by atoms with Crippen LogP contribution in [-0.2, 0) is 4.74 Å². The molecule has 1 amide bonds. The molecular weight excluding hydrogens is 220 g/mol. The third-order valence-electron chi connectivity index (χ3n) is 2.36. The summed E-state index contributed by atoms with van der Waals surface area (Å²) in [5.41, 5.74) is -1.16. The van der Waals surface area contributed by atoms with Crippen molar-refractivity contribution in [1.29, 1.82) is 0 Å². The topological polar surface area (TPSA) is 61.8 Å². The summed E-state index contributed by atoms with van der Waals surface area (Å²) in [7, 11) is 0. The van der Waals surface area contributed by atoms with E-state index in [1.807, 2.05) is 20.8 Å². The molecule has 0 aliphatic carbocycles. The molecule has 0 spiro atoms. The normalized spacial score (nSPS) is 17.9. The molecule has 5 heteroatoms. The van der Waals surface area contributed by atoms with Gasteiger partial charge in [-0.3, -0.25) is 0 Å². The lowest BCUT2D eigenvalue weighted by Gasteiger charge is -2.41. The minimum Gasteiger partial charge on any atom is -0.444 e. The number of nitrogens with zero attached hydrogens (tertiary/aromatic N) is 1. The predicted octanol–water partition coefficient (Wildman–Crippen LogP) is 0.966. The minimum atomic E-state index is -0.716. The van der Waals surface area contributed by atoms with Gasteiger partial charge in [0.1, 0.15) is 5.60 Å². The fourth-order valence-corrected chi connectivity index (χ4v) is 1.48.